The highest BCUT2D eigenvalue weighted by atomic mass is 19.1. The third-order valence-corrected chi connectivity index (χ3v) is 6.98. The first-order valence-electron chi connectivity index (χ1n) is 12.7. The number of rotatable bonds is 10. The zero-order valence-electron chi connectivity index (χ0n) is 21.8. The number of aromatic hydroxyl groups is 1. The number of fused-ring (bicyclic) bond motifs is 1. The van der Waals surface area contributed by atoms with Crippen LogP contribution < -0.4 is 14.4 Å². The highest BCUT2D eigenvalue weighted by Crippen LogP contribution is 2.40. The van der Waals surface area contributed by atoms with E-state index < -0.39 is 0 Å². The Morgan fingerprint density at radius 3 is 2.58 bits per heavy atom. The molecule has 1 aliphatic carbocycles. The molecule has 1 atom stereocenters. The number of likely N-dealkylation sites (N-methyl/N-ethyl adjacent to an activating group) is 1. The molecule has 1 aliphatic rings. The van der Waals surface area contributed by atoms with Crippen molar-refractivity contribution in [2.45, 2.75) is 38.6 Å². The minimum absolute atomic E-state index is 0.289. The van der Waals surface area contributed by atoms with Gasteiger partial charge in [0.05, 0.1) is 7.11 Å². The molecule has 192 valence electrons. The molecule has 0 saturated carbocycles. The van der Waals surface area contributed by atoms with Crippen molar-refractivity contribution < 1.29 is 19.0 Å². The summed E-state index contributed by atoms with van der Waals surface area (Å²) in [7, 11) is 5.61. The molecule has 0 heterocycles. The number of halogens is 1. The van der Waals surface area contributed by atoms with Gasteiger partial charge in [-0.1, -0.05) is 18.2 Å². The molecular formula is C30H37FN2O3. The topological polar surface area (TPSA) is 45.2 Å². The monoisotopic (exact) mass is 492 g/mol. The Morgan fingerprint density at radius 1 is 1.03 bits per heavy atom. The predicted molar refractivity (Wildman–Crippen MR) is 143 cm³/mol. The van der Waals surface area contributed by atoms with Gasteiger partial charge < -0.3 is 24.4 Å². The largest absolute Gasteiger partial charge is 0.508 e. The van der Waals surface area contributed by atoms with E-state index in [-0.39, 0.29) is 11.6 Å². The molecule has 0 saturated heterocycles. The minimum atomic E-state index is -0.333. The molecule has 0 radical (unpaired) electrons. The maximum atomic E-state index is 14.8. The average molecular weight is 493 g/mol. The van der Waals surface area contributed by atoms with Crippen LogP contribution in [0, 0.1) is 5.82 Å². The molecule has 0 fully saturated rings. The third-order valence-electron chi connectivity index (χ3n) is 6.98. The zero-order chi connectivity index (χ0) is 25.7. The van der Waals surface area contributed by atoms with Crippen molar-refractivity contribution in [3.8, 4) is 17.2 Å². The van der Waals surface area contributed by atoms with Crippen LogP contribution >= 0.6 is 0 Å². The molecule has 4 rings (SSSR count). The summed E-state index contributed by atoms with van der Waals surface area (Å²) in [5.74, 6) is 1.46. The lowest BCUT2D eigenvalue weighted by Crippen LogP contribution is -2.25. The highest BCUT2D eigenvalue weighted by molar-refractivity contribution is 5.60. The van der Waals surface area contributed by atoms with Gasteiger partial charge in [0.2, 0.25) is 0 Å². The molecule has 0 bridgehead atoms. The molecule has 36 heavy (non-hydrogen) atoms. The van der Waals surface area contributed by atoms with Gasteiger partial charge in [0.1, 0.15) is 18.1 Å². The van der Waals surface area contributed by atoms with Crippen molar-refractivity contribution in [3.63, 3.8) is 0 Å². The Hall–Kier alpha value is -3.25. The van der Waals surface area contributed by atoms with Crippen LogP contribution in [0.3, 0.4) is 0 Å². The summed E-state index contributed by atoms with van der Waals surface area (Å²) in [6, 6.07) is 17.3. The van der Waals surface area contributed by atoms with Gasteiger partial charge in [0.25, 0.3) is 0 Å². The van der Waals surface area contributed by atoms with E-state index in [4.69, 9.17) is 9.47 Å². The number of benzene rings is 3. The third kappa shape index (κ3) is 6.11. The molecule has 3 aromatic rings. The lowest BCUT2D eigenvalue weighted by atomic mass is 9.79. The Balaban J connectivity index is 1.57. The first-order valence-corrected chi connectivity index (χ1v) is 12.7. The van der Waals surface area contributed by atoms with Crippen LogP contribution in [-0.4, -0.2) is 50.9 Å². The van der Waals surface area contributed by atoms with Crippen LogP contribution in [0.25, 0.3) is 0 Å². The summed E-state index contributed by atoms with van der Waals surface area (Å²) in [5, 5.41) is 9.86. The van der Waals surface area contributed by atoms with Gasteiger partial charge in [-0.05, 0) is 98.8 Å². The van der Waals surface area contributed by atoms with Crippen LogP contribution in [0.1, 0.15) is 41.5 Å². The smallest absolute Gasteiger partial charge is 0.165 e. The number of anilines is 1. The summed E-state index contributed by atoms with van der Waals surface area (Å²) in [5.41, 5.74) is 5.82. The molecule has 0 spiro atoms. The van der Waals surface area contributed by atoms with Crippen molar-refractivity contribution in [3.05, 3.63) is 82.7 Å². The number of nitrogens with zero attached hydrogens (tertiary/aromatic N) is 2. The van der Waals surface area contributed by atoms with Gasteiger partial charge in [-0.25, -0.2) is 4.39 Å². The molecule has 3 aromatic carbocycles. The van der Waals surface area contributed by atoms with Crippen molar-refractivity contribution in [2.24, 2.45) is 0 Å². The number of ether oxygens (including phenoxy) is 2. The number of phenols is 1. The molecule has 0 aliphatic heterocycles. The van der Waals surface area contributed by atoms with Crippen molar-refractivity contribution in [1.82, 2.24) is 4.90 Å². The number of methoxy groups -OCH3 is 1. The summed E-state index contributed by atoms with van der Waals surface area (Å²) >= 11 is 0. The Labute approximate surface area is 214 Å². The molecule has 6 heteroatoms. The van der Waals surface area contributed by atoms with Gasteiger partial charge in [0, 0.05) is 31.4 Å². The van der Waals surface area contributed by atoms with Gasteiger partial charge in [0.15, 0.2) is 11.6 Å². The highest BCUT2D eigenvalue weighted by Gasteiger charge is 2.25. The summed E-state index contributed by atoms with van der Waals surface area (Å²) in [4.78, 5) is 4.29. The van der Waals surface area contributed by atoms with Crippen LogP contribution in [0.5, 0.6) is 17.2 Å². The fourth-order valence-corrected chi connectivity index (χ4v) is 4.96. The van der Waals surface area contributed by atoms with E-state index in [1.54, 1.807) is 25.3 Å². The Bertz CT molecular complexity index is 1180. The summed E-state index contributed by atoms with van der Waals surface area (Å²) in [6.07, 6.45) is 2.88. The predicted octanol–water partition coefficient (Wildman–Crippen LogP) is 5.78. The van der Waals surface area contributed by atoms with Gasteiger partial charge in [-0.15, -0.1) is 0 Å². The van der Waals surface area contributed by atoms with E-state index in [2.05, 4.69) is 24.0 Å². The molecular weight excluding hydrogens is 455 g/mol. The van der Waals surface area contributed by atoms with Crippen molar-refractivity contribution >= 4 is 5.69 Å². The number of hydrogen-bond donors (Lipinski definition) is 1. The van der Waals surface area contributed by atoms with E-state index in [0.29, 0.717) is 24.8 Å². The van der Waals surface area contributed by atoms with E-state index in [9.17, 15) is 9.50 Å². The van der Waals surface area contributed by atoms with Crippen LogP contribution in [0.2, 0.25) is 0 Å². The summed E-state index contributed by atoms with van der Waals surface area (Å²) < 4.78 is 26.0. The van der Waals surface area contributed by atoms with Gasteiger partial charge in [-0.2, -0.15) is 0 Å². The minimum Gasteiger partial charge on any atom is -0.508 e. The van der Waals surface area contributed by atoms with Gasteiger partial charge in [-0.3, -0.25) is 0 Å². The summed E-state index contributed by atoms with van der Waals surface area (Å²) in [6.45, 7) is 4.66. The molecule has 1 N–H and O–H groups in total. The van der Waals surface area contributed by atoms with Crippen molar-refractivity contribution in [1.29, 1.82) is 0 Å². The maximum Gasteiger partial charge on any atom is 0.165 e. The molecule has 0 amide bonds. The second kappa shape index (κ2) is 11.7. The number of aryl methyl sites for hydroxylation is 1. The number of hydrogen-bond acceptors (Lipinski definition) is 5. The standard InChI is InChI=1S/C30H37FN2O3/c1-5-33(20-21-6-13-30(28(31)16-21)36-15-14-32(2)3)29-19-26(35-4)11-12-27(29)24-8-7-23-18-25(34)10-9-22(23)17-24/h6,9-13,16,18-19,24,34H,5,7-8,14-15,17,20H2,1-4H3. The van der Waals surface area contributed by atoms with E-state index >= 15 is 0 Å². The molecule has 5 nitrogen and oxygen atoms in total. The van der Waals surface area contributed by atoms with E-state index in [0.717, 1.165) is 49.4 Å². The van der Waals surface area contributed by atoms with E-state index in [1.165, 1.54) is 16.7 Å². The van der Waals surface area contributed by atoms with Crippen LogP contribution in [0.15, 0.2) is 54.6 Å². The SMILES string of the molecule is CCN(Cc1ccc(OCCN(C)C)c(F)c1)c1cc(OC)ccc1C1CCc2cc(O)ccc2C1. The second-order valence-electron chi connectivity index (χ2n) is 9.75. The fourth-order valence-electron chi connectivity index (χ4n) is 4.96. The molecule has 0 aromatic heterocycles. The van der Waals surface area contributed by atoms with E-state index in [1.807, 2.05) is 43.3 Å². The second-order valence-corrected chi connectivity index (χ2v) is 9.75. The fraction of sp³-hybridized carbons (Fsp3) is 0.400. The normalized spacial score (nSPS) is 15.0. The Morgan fingerprint density at radius 2 is 1.86 bits per heavy atom. The first-order chi connectivity index (χ1) is 17.4. The molecule has 1 unspecified atom stereocenters. The van der Waals surface area contributed by atoms with Crippen LogP contribution in [-0.2, 0) is 19.4 Å². The average Bonchev–Trinajstić information content (AvgIpc) is 2.87. The maximum absolute atomic E-state index is 14.8. The van der Waals surface area contributed by atoms with Crippen molar-refractivity contribution in [2.75, 3.05) is 45.8 Å². The first kappa shape index (κ1) is 25.8. The number of phenolic OH excluding ortho intramolecular Hbond substituents is 1. The van der Waals surface area contributed by atoms with Gasteiger partial charge >= 0.3 is 0 Å². The van der Waals surface area contributed by atoms with Crippen LogP contribution in [0.4, 0.5) is 10.1 Å². The lowest BCUT2D eigenvalue weighted by molar-refractivity contribution is 0.252. The Kier molecular flexibility index (Phi) is 8.36. The lowest BCUT2D eigenvalue weighted by Gasteiger charge is -2.32. The zero-order valence-corrected chi connectivity index (χ0v) is 21.8. The quantitative estimate of drug-likeness (QED) is 0.389.